The van der Waals surface area contributed by atoms with Crippen LogP contribution in [0.3, 0.4) is 0 Å². The van der Waals surface area contributed by atoms with Crippen LogP contribution in [0.4, 0.5) is 4.79 Å². The standard InChI is InChI=1S/C6H8N4O2/c7-1-2-8-5(11)4-3-9-6(12)10-4/h4H,2-3H2,(H,8,11)(H2,9,10,12). The maximum Gasteiger partial charge on any atom is 0.315 e. The van der Waals surface area contributed by atoms with Gasteiger partial charge in [0.15, 0.2) is 0 Å². The Morgan fingerprint density at radius 1 is 1.83 bits per heavy atom. The molecule has 64 valence electrons. The highest BCUT2D eigenvalue weighted by atomic mass is 16.2. The molecule has 0 aromatic heterocycles. The SMILES string of the molecule is N#CCNC(=O)C1CNC(=O)N1. The molecule has 1 rings (SSSR count). The topological polar surface area (TPSA) is 94.0 Å². The van der Waals surface area contributed by atoms with E-state index < -0.39 is 6.04 Å². The normalized spacial score (nSPS) is 20.6. The molecule has 1 saturated heterocycles. The number of rotatable bonds is 2. The number of nitrogens with zero attached hydrogens (tertiary/aromatic N) is 1. The molecule has 1 fully saturated rings. The predicted octanol–water partition coefficient (Wildman–Crippen LogP) is -1.69. The summed E-state index contributed by atoms with van der Waals surface area (Å²) in [6.07, 6.45) is 0. The number of hydrogen-bond donors (Lipinski definition) is 3. The van der Waals surface area contributed by atoms with Crippen LogP contribution < -0.4 is 16.0 Å². The zero-order valence-corrected chi connectivity index (χ0v) is 6.26. The Hall–Kier alpha value is -1.77. The predicted molar refractivity (Wildman–Crippen MR) is 38.9 cm³/mol. The summed E-state index contributed by atoms with van der Waals surface area (Å²) in [4.78, 5) is 21.6. The van der Waals surface area contributed by atoms with Gasteiger partial charge in [0.2, 0.25) is 5.91 Å². The summed E-state index contributed by atoms with van der Waals surface area (Å²) >= 11 is 0. The van der Waals surface area contributed by atoms with E-state index in [1.54, 1.807) is 6.07 Å². The molecule has 1 aliphatic rings. The van der Waals surface area contributed by atoms with Gasteiger partial charge in [0.1, 0.15) is 12.6 Å². The molecule has 1 atom stereocenters. The molecule has 3 amide bonds. The molecule has 0 radical (unpaired) electrons. The van der Waals surface area contributed by atoms with Gasteiger partial charge in [-0.05, 0) is 0 Å². The molecule has 0 bridgehead atoms. The maximum absolute atomic E-state index is 11.0. The maximum atomic E-state index is 11.0. The molecule has 6 nitrogen and oxygen atoms in total. The van der Waals surface area contributed by atoms with Gasteiger partial charge in [-0.2, -0.15) is 5.26 Å². The van der Waals surface area contributed by atoms with Crippen LogP contribution in [-0.4, -0.2) is 31.1 Å². The van der Waals surface area contributed by atoms with Crippen LogP contribution >= 0.6 is 0 Å². The third-order valence-corrected chi connectivity index (χ3v) is 1.43. The number of nitrogens with one attached hydrogen (secondary N) is 3. The van der Waals surface area contributed by atoms with Crippen LogP contribution in [0.1, 0.15) is 0 Å². The highest BCUT2D eigenvalue weighted by Crippen LogP contribution is 1.89. The molecule has 12 heavy (non-hydrogen) atoms. The molecule has 1 aliphatic heterocycles. The minimum absolute atomic E-state index is 0.0365. The lowest BCUT2D eigenvalue weighted by Gasteiger charge is -2.05. The number of hydrogen-bond acceptors (Lipinski definition) is 3. The summed E-state index contributed by atoms with van der Waals surface area (Å²) in [5.41, 5.74) is 0. The minimum Gasteiger partial charge on any atom is -0.341 e. The van der Waals surface area contributed by atoms with Gasteiger partial charge in [0.25, 0.3) is 0 Å². The lowest BCUT2D eigenvalue weighted by atomic mass is 10.3. The van der Waals surface area contributed by atoms with E-state index in [0.717, 1.165) is 0 Å². The van der Waals surface area contributed by atoms with Crippen molar-refractivity contribution in [2.45, 2.75) is 6.04 Å². The summed E-state index contributed by atoms with van der Waals surface area (Å²) in [6, 6.07) is 0.864. The molecule has 0 saturated carbocycles. The van der Waals surface area contributed by atoms with Gasteiger partial charge in [-0.15, -0.1) is 0 Å². The number of nitriles is 1. The quantitative estimate of drug-likeness (QED) is 0.429. The van der Waals surface area contributed by atoms with Gasteiger partial charge in [-0.3, -0.25) is 4.79 Å². The van der Waals surface area contributed by atoms with Gasteiger partial charge < -0.3 is 16.0 Å². The summed E-state index contributed by atoms with van der Waals surface area (Å²) in [6.45, 7) is 0.237. The van der Waals surface area contributed by atoms with E-state index in [1.807, 2.05) is 0 Å². The average molecular weight is 168 g/mol. The Bertz CT molecular complexity index is 244. The van der Waals surface area contributed by atoms with Crippen LogP contribution in [0.25, 0.3) is 0 Å². The average Bonchev–Trinajstić information content (AvgIpc) is 2.47. The Morgan fingerprint density at radius 3 is 3.08 bits per heavy atom. The summed E-state index contributed by atoms with van der Waals surface area (Å²) in [5, 5.41) is 15.3. The van der Waals surface area contributed by atoms with Crippen molar-refractivity contribution in [1.29, 1.82) is 5.26 Å². The number of amides is 3. The van der Waals surface area contributed by atoms with E-state index >= 15 is 0 Å². The summed E-state index contributed by atoms with van der Waals surface area (Å²) < 4.78 is 0. The first-order valence-corrected chi connectivity index (χ1v) is 3.43. The Kier molecular flexibility index (Phi) is 2.48. The van der Waals surface area contributed by atoms with E-state index in [0.29, 0.717) is 0 Å². The van der Waals surface area contributed by atoms with Crippen LogP contribution in [-0.2, 0) is 4.79 Å². The van der Waals surface area contributed by atoms with Crippen molar-refractivity contribution in [1.82, 2.24) is 16.0 Å². The van der Waals surface area contributed by atoms with E-state index in [9.17, 15) is 9.59 Å². The monoisotopic (exact) mass is 168 g/mol. The summed E-state index contributed by atoms with van der Waals surface area (Å²) in [7, 11) is 0. The Balaban J connectivity index is 2.34. The van der Waals surface area contributed by atoms with Crippen molar-refractivity contribution < 1.29 is 9.59 Å². The summed E-state index contributed by atoms with van der Waals surface area (Å²) in [5.74, 6) is -0.338. The second-order valence-corrected chi connectivity index (χ2v) is 2.28. The van der Waals surface area contributed by atoms with Crippen LogP contribution in [0.5, 0.6) is 0 Å². The first-order valence-electron chi connectivity index (χ1n) is 3.43. The van der Waals surface area contributed by atoms with Crippen molar-refractivity contribution >= 4 is 11.9 Å². The van der Waals surface area contributed by atoms with Crippen LogP contribution in [0, 0.1) is 11.3 Å². The third kappa shape index (κ3) is 1.85. The molecule has 3 N–H and O–H groups in total. The van der Waals surface area contributed by atoms with Gasteiger partial charge >= 0.3 is 6.03 Å². The lowest BCUT2D eigenvalue weighted by Crippen LogP contribution is -2.42. The van der Waals surface area contributed by atoms with Gasteiger partial charge in [0.05, 0.1) is 6.07 Å². The number of urea groups is 1. The van der Waals surface area contributed by atoms with Crippen LogP contribution in [0.15, 0.2) is 0 Å². The molecule has 0 aliphatic carbocycles. The Morgan fingerprint density at radius 2 is 2.58 bits per heavy atom. The van der Waals surface area contributed by atoms with Crippen molar-refractivity contribution in [3.63, 3.8) is 0 Å². The van der Waals surface area contributed by atoms with E-state index in [4.69, 9.17) is 5.26 Å². The largest absolute Gasteiger partial charge is 0.341 e. The minimum atomic E-state index is -0.550. The van der Waals surface area contributed by atoms with E-state index in [-0.39, 0.29) is 25.0 Å². The second kappa shape index (κ2) is 3.57. The molecule has 0 aromatic rings. The molecular formula is C6H8N4O2. The van der Waals surface area contributed by atoms with Crippen molar-refractivity contribution in [3.05, 3.63) is 0 Å². The highest BCUT2D eigenvalue weighted by molar-refractivity contribution is 5.90. The van der Waals surface area contributed by atoms with E-state index in [1.165, 1.54) is 0 Å². The molecule has 1 heterocycles. The fourth-order valence-electron chi connectivity index (χ4n) is 0.863. The number of carbonyl (C=O) groups excluding carboxylic acids is 2. The third-order valence-electron chi connectivity index (χ3n) is 1.43. The molecule has 0 aromatic carbocycles. The van der Waals surface area contributed by atoms with Crippen molar-refractivity contribution in [2.75, 3.05) is 13.1 Å². The molecular weight excluding hydrogens is 160 g/mol. The highest BCUT2D eigenvalue weighted by Gasteiger charge is 2.25. The van der Waals surface area contributed by atoms with Crippen LogP contribution in [0.2, 0.25) is 0 Å². The van der Waals surface area contributed by atoms with Gasteiger partial charge in [-0.1, -0.05) is 0 Å². The van der Waals surface area contributed by atoms with E-state index in [2.05, 4.69) is 16.0 Å². The molecule has 0 spiro atoms. The smallest absolute Gasteiger partial charge is 0.315 e. The first kappa shape index (κ1) is 8.33. The zero-order valence-electron chi connectivity index (χ0n) is 6.26. The van der Waals surface area contributed by atoms with Gasteiger partial charge in [-0.25, -0.2) is 4.79 Å². The Labute approximate surface area is 68.9 Å². The lowest BCUT2D eigenvalue weighted by molar-refractivity contribution is -0.122. The first-order chi connectivity index (χ1) is 5.74. The van der Waals surface area contributed by atoms with Crippen molar-refractivity contribution in [2.24, 2.45) is 0 Å². The number of carbonyl (C=O) groups is 2. The van der Waals surface area contributed by atoms with Gasteiger partial charge in [0, 0.05) is 6.54 Å². The fourth-order valence-corrected chi connectivity index (χ4v) is 0.863. The zero-order chi connectivity index (χ0) is 8.97. The fraction of sp³-hybridized carbons (Fsp3) is 0.500. The molecule has 1 unspecified atom stereocenters. The second-order valence-electron chi connectivity index (χ2n) is 2.28. The van der Waals surface area contributed by atoms with Crippen molar-refractivity contribution in [3.8, 4) is 6.07 Å². The molecule has 6 heteroatoms.